The fraction of sp³-hybridized carbons (Fsp3) is 0.312. The summed E-state index contributed by atoms with van der Waals surface area (Å²) in [6, 6.07) is 23.6. The molecule has 0 spiro atoms. The molecule has 0 bridgehead atoms. The number of hydrogen-bond donors (Lipinski definition) is 3. The molecule has 2 heterocycles. The van der Waals surface area contributed by atoms with Crippen LogP contribution in [0.4, 0.5) is 17.5 Å². The molecule has 0 unspecified atom stereocenters. The summed E-state index contributed by atoms with van der Waals surface area (Å²) in [6.07, 6.45) is 4.41. The molecule has 1 saturated carbocycles. The van der Waals surface area contributed by atoms with E-state index in [4.69, 9.17) is 9.97 Å². The van der Waals surface area contributed by atoms with Gasteiger partial charge in [0.15, 0.2) is 0 Å². The number of fused-ring (bicyclic) bond motifs is 2. The number of benzene rings is 3. The first-order valence-corrected chi connectivity index (χ1v) is 14.2. The lowest BCUT2D eigenvalue weighted by Gasteiger charge is -2.29. The number of H-pyrrole nitrogens is 1. The topological polar surface area (TPSA) is 112 Å². The highest BCUT2D eigenvalue weighted by molar-refractivity contribution is 5.98. The van der Waals surface area contributed by atoms with Crippen molar-refractivity contribution in [2.45, 2.75) is 38.3 Å². The van der Waals surface area contributed by atoms with E-state index in [9.17, 15) is 10.1 Å². The second kappa shape index (κ2) is 11.5. The molecule has 2 aromatic heterocycles. The summed E-state index contributed by atoms with van der Waals surface area (Å²) in [4.78, 5) is 26.2. The molecule has 5 aromatic rings. The highest BCUT2D eigenvalue weighted by atomic mass is 16.6. The molecule has 1 fully saturated rings. The molecule has 1 aliphatic carbocycles. The number of rotatable bonds is 9. The van der Waals surface area contributed by atoms with Crippen molar-refractivity contribution in [2.75, 3.05) is 30.9 Å². The minimum absolute atomic E-state index is 0.102. The van der Waals surface area contributed by atoms with Crippen molar-refractivity contribution < 1.29 is 4.92 Å². The van der Waals surface area contributed by atoms with Gasteiger partial charge in [-0.3, -0.25) is 10.1 Å². The maximum atomic E-state index is 11.4. The van der Waals surface area contributed by atoms with Crippen molar-refractivity contribution in [3.8, 4) is 11.1 Å². The largest absolute Gasteiger partial charge is 0.362 e. The first-order chi connectivity index (χ1) is 20.0. The van der Waals surface area contributed by atoms with Crippen molar-refractivity contribution in [3.05, 3.63) is 88.6 Å². The van der Waals surface area contributed by atoms with Gasteiger partial charge in [0.05, 0.1) is 10.4 Å². The molecule has 0 saturated heterocycles. The van der Waals surface area contributed by atoms with Crippen LogP contribution in [-0.4, -0.2) is 46.6 Å². The van der Waals surface area contributed by atoms with Crippen molar-refractivity contribution in [2.24, 2.45) is 5.92 Å². The third-order valence-corrected chi connectivity index (χ3v) is 8.05. The second-order valence-corrected chi connectivity index (χ2v) is 11.1. The lowest BCUT2D eigenvalue weighted by molar-refractivity contribution is -0.384. The second-order valence-electron chi connectivity index (χ2n) is 11.1. The number of para-hydroxylation sites is 1. The number of aromatic nitrogens is 3. The monoisotopic (exact) mass is 549 g/mol. The van der Waals surface area contributed by atoms with Gasteiger partial charge in [0.25, 0.3) is 5.69 Å². The third kappa shape index (κ3) is 5.71. The number of hydrogen-bond acceptors (Lipinski definition) is 7. The van der Waals surface area contributed by atoms with E-state index in [1.54, 1.807) is 18.2 Å². The Morgan fingerprint density at radius 3 is 2.46 bits per heavy atom. The Morgan fingerprint density at radius 2 is 1.71 bits per heavy atom. The van der Waals surface area contributed by atoms with Gasteiger partial charge >= 0.3 is 0 Å². The van der Waals surface area contributed by atoms with Gasteiger partial charge in [-0.05, 0) is 61.9 Å². The van der Waals surface area contributed by atoms with E-state index in [0.29, 0.717) is 24.5 Å². The molecule has 9 nitrogen and oxygen atoms in total. The van der Waals surface area contributed by atoms with Crippen LogP contribution in [0.1, 0.15) is 31.4 Å². The van der Waals surface area contributed by atoms with Gasteiger partial charge in [0.1, 0.15) is 5.82 Å². The van der Waals surface area contributed by atoms with Crippen molar-refractivity contribution in [1.82, 2.24) is 20.3 Å². The zero-order valence-corrected chi connectivity index (χ0v) is 23.4. The predicted molar refractivity (Wildman–Crippen MR) is 165 cm³/mol. The Morgan fingerprint density at radius 1 is 0.951 bits per heavy atom. The molecule has 9 heteroatoms. The van der Waals surface area contributed by atoms with Crippen molar-refractivity contribution >= 4 is 39.3 Å². The van der Waals surface area contributed by atoms with Crippen LogP contribution in [0.3, 0.4) is 0 Å². The van der Waals surface area contributed by atoms with Crippen LogP contribution in [0.15, 0.2) is 72.8 Å². The molecule has 6 rings (SSSR count). The highest BCUT2D eigenvalue weighted by Gasteiger charge is 2.23. The lowest BCUT2D eigenvalue weighted by Crippen LogP contribution is -2.31. The summed E-state index contributed by atoms with van der Waals surface area (Å²) in [5.74, 6) is 2.22. The van der Waals surface area contributed by atoms with E-state index in [1.807, 2.05) is 55.4 Å². The van der Waals surface area contributed by atoms with E-state index < -0.39 is 0 Å². The molecule has 0 atom stereocenters. The molecule has 41 heavy (non-hydrogen) atoms. The summed E-state index contributed by atoms with van der Waals surface area (Å²) >= 11 is 0. The Hall–Kier alpha value is -4.50. The number of anilines is 2. The quantitative estimate of drug-likeness (QED) is 0.142. The van der Waals surface area contributed by atoms with E-state index in [0.717, 1.165) is 76.7 Å². The van der Waals surface area contributed by atoms with Crippen LogP contribution in [0.2, 0.25) is 0 Å². The number of nitrogens with one attached hydrogen (secondary N) is 3. The SMILES string of the molecule is CN(C)c1nc(N[C@H]2CC[C@@H](CNCc3[nH]c4ccc([N+](=O)[O-])cc4c3-c3ccccc3)CC2)nc2ccccc12. The van der Waals surface area contributed by atoms with Crippen molar-refractivity contribution in [3.63, 3.8) is 0 Å². The molecular formula is C32H35N7O2. The predicted octanol–water partition coefficient (Wildman–Crippen LogP) is 6.51. The molecule has 210 valence electrons. The van der Waals surface area contributed by atoms with E-state index >= 15 is 0 Å². The van der Waals surface area contributed by atoms with Gasteiger partial charge < -0.3 is 20.5 Å². The number of nitro benzene ring substituents is 1. The first kappa shape index (κ1) is 26.7. The summed E-state index contributed by atoms with van der Waals surface area (Å²) in [7, 11) is 4.03. The van der Waals surface area contributed by atoms with Crippen LogP contribution in [0.5, 0.6) is 0 Å². The van der Waals surface area contributed by atoms with Gasteiger partial charge in [-0.25, -0.2) is 4.98 Å². The number of nitro groups is 1. The number of aromatic amines is 1. The van der Waals surface area contributed by atoms with Crippen LogP contribution < -0.4 is 15.5 Å². The smallest absolute Gasteiger partial charge is 0.270 e. The van der Waals surface area contributed by atoms with E-state index in [-0.39, 0.29) is 10.6 Å². The Kier molecular flexibility index (Phi) is 7.52. The van der Waals surface area contributed by atoms with E-state index in [1.165, 1.54) is 0 Å². The first-order valence-electron chi connectivity index (χ1n) is 14.2. The Bertz CT molecular complexity index is 1670. The maximum Gasteiger partial charge on any atom is 0.270 e. The summed E-state index contributed by atoms with van der Waals surface area (Å²) in [5.41, 5.74) is 5.09. The fourth-order valence-corrected chi connectivity index (χ4v) is 5.98. The van der Waals surface area contributed by atoms with Gasteiger partial charge in [-0.2, -0.15) is 4.98 Å². The minimum Gasteiger partial charge on any atom is -0.362 e. The molecule has 3 aromatic carbocycles. The van der Waals surface area contributed by atoms with Gasteiger partial charge in [0, 0.05) is 66.4 Å². The van der Waals surface area contributed by atoms with E-state index in [2.05, 4.69) is 33.8 Å². The van der Waals surface area contributed by atoms with Crippen LogP contribution in [0, 0.1) is 16.0 Å². The highest BCUT2D eigenvalue weighted by Crippen LogP contribution is 2.35. The lowest BCUT2D eigenvalue weighted by atomic mass is 9.86. The molecule has 0 radical (unpaired) electrons. The molecule has 3 N–H and O–H groups in total. The molecule has 1 aliphatic rings. The zero-order chi connectivity index (χ0) is 28.3. The normalized spacial score (nSPS) is 17.1. The Balaban J connectivity index is 1.09. The average molecular weight is 550 g/mol. The van der Waals surface area contributed by atoms with Gasteiger partial charge in [-0.15, -0.1) is 0 Å². The summed E-state index contributed by atoms with van der Waals surface area (Å²) < 4.78 is 0. The van der Waals surface area contributed by atoms with Crippen LogP contribution in [0.25, 0.3) is 32.9 Å². The standard InChI is InChI=1S/C32H35N7O2/c1-38(2)31-25-10-6-7-11-27(25)36-32(37-31)34-23-14-12-21(13-15-23)19-33-20-29-30(22-8-4-3-5-9-22)26-18-24(39(40)41)16-17-28(26)35-29/h3-11,16-18,21,23,33,35H,12-15,19-20H2,1-2H3,(H,34,36,37)/t21-,23+. The minimum atomic E-state index is -0.336. The third-order valence-electron chi connectivity index (χ3n) is 8.05. The fourth-order valence-electron chi connectivity index (χ4n) is 5.98. The Labute approximate surface area is 239 Å². The molecule has 0 amide bonds. The summed E-state index contributed by atoms with van der Waals surface area (Å²) in [5, 5.41) is 20.6. The maximum absolute atomic E-state index is 11.4. The molecular weight excluding hydrogens is 514 g/mol. The van der Waals surface area contributed by atoms with Crippen LogP contribution >= 0.6 is 0 Å². The average Bonchev–Trinajstić information content (AvgIpc) is 3.35. The van der Waals surface area contributed by atoms with Crippen LogP contribution in [-0.2, 0) is 6.54 Å². The number of non-ortho nitro benzene ring substituents is 1. The zero-order valence-electron chi connectivity index (χ0n) is 23.4. The van der Waals surface area contributed by atoms with Crippen molar-refractivity contribution in [1.29, 1.82) is 0 Å². The molecule has 0 aliphatic heterocycles. The summed E-state index contributed by atoms with van der Waals surface area (Å²) in [6.45, 7) is 1.59. The van der Waals surface area contributed by atoms with Gasteiger partial charge in [0.2, 0.25) is 5.95 Å². The number of nitrogens with zero attached hydrogens (tertiary/aromatic N) is 4. The van der Waals surface area contributed by atoms with Gasteiger partial charge in [-0.1, -0.05) is 42.5 Å².